The summed E-state index contributed by atoms with van der Waals surface area (Å²) >= 11 is 0.707. The summed E-state index contributed by atoms with van der Waals surface area (Å²) in [4.78, 5) is 59.1. The molecular formula is C20H14N2O7S. The lowest BCUT2D eigenvalue weighted by Gasteiger charge is -2.11. The number of Topliss-reactive ketones (excluding diaryl/α,β-unsaturated/α-hetero) is 1. The predicted molar refractivity (Wildman–Crippen MR) is 108 cm³/mol. The van der Waals surface area contributed by atoms with Gasteiger partial charge in [0, 0.05) is 24.6 Å². The van der Waals surface area contributed by atoms with Crippen molar-refractivity contribution in [2.75, 3.05) is 6.54 Å². The first-order valence-electron chi connectivity index (χ1n) is 8.56. The quantitative estimate of drug-likeness (QED) is 0.172. The number of nitro groups is 1. The van der Waals surface area contributed by atoms with Crippen LogP contribution in [-0.4, -0.2) is 39.3 Å². The van der Waals surface area contributed by atoms with Crippen molar-refractivity contribution >= 4 is 46.4 Å². The fourth-order valence-electron chi connectivity index (χ4n) is 2.59. The van der Waals surface area contributed by atoms with Crippen LogP contribution in [0.5, 0.6) is 5.75 Å². The van der Waals surface area contributed by atoms with E-state index in [1.165, 1.54) is 37.3 Å². The Bertz CT molecular complexity index is 1080. The van der Waals surface area contributed by atoms with Gasteiger partial charge in [-0.05, 0) is 47.7 Å². The zero-order chi connectivity index (χ0) is 21.8. The molecule has 0 N–H and O–H groups in total. The maximum atomic E-state index is 12.5. The summed E-state index contributed by atoms with van der Waals surface area (Å²) in [6, 6.07) is 11.3. The molecule has 0 saturated carbocycles. The zero-order valence-electron chi connectivity index (χ0n) is 15.6. The minimum absolute atomic E-state index is 0.150. The number of non-ortho nitro benzene ring substituents is 1. The summed E-state index contributed by atoms with van der Waals surface area (Å²) in [6.45, 7) is 0.813. The van der Waals surface area contributed by atoms with Gasteiger partial charge < -0.3 is 4.74 Å². The number of amides is 2. The Morgan fingerprint density at radius 3 is 2.30 bits per heavy atom. The molecule has 0 aliphatic carbocycles. The Balaban J connectivity index is 1.71. The number of benzene rings is 2. The number of thioether (sulfide) groups is 1. The van der Waals surface area contributed by atoms with Crippen LogP contribution in [0.25, 0.3) is 6.08 Å². The molecule has 0 unspecified atom stereocenters. The summed E-state index contributed by atoms with van der Waals surface area (Å²) in [5.74, 6) is -1.23. The highest BCUT2D eigenvalue weighted by atomic mass is 32.2. The average molecular weight is 426 g/mol. The van der Waals surface area contributed by atoms with Crippen LogP contribution in [-0.2, 0) is 9.59 Å². The van der Waals surface area contributed by atoms with E-state index in [1.807, 2.05) is 0 Å². The second kappa shape index (κ2) is 8.70. The molecule has 1 aliphatic rings. The van der Waals surface area contributed by atoms with Crippen LogP contribution in [0.2, 0.25) is 0 Å². The zero-order valence-corrected chi connectivity index (χ0v) is 16.4. The lowest BCUT2D eigenvalue weighted by molar-refractivity contribution is -0.384. The molecule has 2 aromatic rings. The highest BCUT2D eigenvalue weighted by Gasteiger charge is 2.36. The van der Waals surface area contributed by atoms with Crippen LogP contribution in [0, 0.1) is 10.1 Å². The molecule has 1 aliphatic heterocycles. The first-order valence-corrected chi connectivity index (χ1v) is 9.38. The maximum Gasteiger partial charge on any atom is 0.308 e. The number of nitrogens with zero attached hydrogens (tertiary/aromatic N) is 2. The van der Waals surface area contributed by atoms with Crippen molar-refractivity contribution in [3.8, 4) is 5.75 Å². The van der Waals surface area contributed by atoms with Crippen molar-refractivity contribution in [1.29, 1.82) is 0 Å². The fourth-order valence-corrected chi connectivity index (χ4v) is 3.43. The molecule has 0 bridgehead atoms. The number of hydrogen-bond donors (Lipinski definition) is 0. The van der Waals surface area contributed by atoms with Crippen LogP contribution in [0.3, 0.4) is 0 Å². The maximum absolute atomic E-state index is 12.5. The van der Waals surface area contributed by atoms with Gasteiger partial charge in [0.25, 0.3) is 16.8 Å². The lowest BCUT2D eigenvalue weighted by atomic mass is 10.1. The standard InChI is InChI=1S/C20H14N2O7S/c1-12(23)29-16-8-2-13(3-9-16)10-18-19(25)21(20(26)30-18)11-17(24)14-4-6-15(7-5-14)22(27)28/h2-10H,11H2,1H3/b18-10+. The molecule has 1 saturated heterocycles. The van der Waals surface area contributed by atoms with Crippen molar-refractivity contribution in [3.05, 3.63) is 74.7 Å². The summed E-state index contributed by atoms with van der Waals surface area (Å²) in [5.41, 5.74) is 0.600. The molecule has 2 aromatic carbocycles. The number of carbonyl (C=O) groups is 4. The average Bonchev–Trinajstić information content (AvgIpc) is 2.96. The number of rotatable bonds is 6. The van der Waals surface area contributed by atoms with Crippen LogP contribution >= 0.6 is 11.8 Å². The van der Waals surface area contributed by atoms with Crippen LogP contribution in [0.4, 0.5) is 10.5 Å². The molecule has 0 aromatic heterocycles. The van der Waals surface area contributed by atoms with Gasteiger partial charge in [-0.3, -0.25) is 34.2 Å². The molecule has 0 atom stereocenters. The number of hydrogen-bond acceptors (Lipinski definition) is 8. The van der Waals surface area contributed by atoms with Crippen LogP contribution in [0.15, 0.2) is 53.4 Å². The van der Waals surface area contributed by atoms with Crippen molar-refractivity contribution in [2.45, 2.75) is 6.92 Å². The summed E-state index contributed by atoms with van der Waals surface area (Å²) in [6.07, 6.45) is 1.50. The second-order valence-electron chi connectivity index (χ2n) is 6.16. The summed E-state index contributed by atoms with van der Waals surface area (Å²) in [5, 5.41) is 10.1. The molecule has 1 heterocycles. The highest BCUT2D eigenvalue weighted by Crippen LogP contribution is 2.32. The molecule has 1 fully saturated rings. The lowest BCUT2D eigenvalue weighted by Crippen LogP contribution is -2.33. The Hall–Kier alpha value is -3.79. The van der Waals surface area contributed by atoms with E-state index in [0.717, 1.165) is 4.90 Å². The number of nitro benzene ring substituents is 1. The van der Waals surface area contributed by atoms with Crippen LogP contribution < -0.4 is 4.74 Å². The molecule has 152 valence electrons. The van der Waals surface area contributed by atoms with Crippen molar-refractivity contribution in [2.24, 2.45) is 0 Å². The van der Waals surface area contributed by atoms with Gasteiger partial charge in [-0.1, -0.05) is 12.1 Å². The molecule has 10 heteroatoms. The van der Waals surface area contributed by atoms with Crippen LogP contribution in [0.1, 0.15) is 22.8 Å². The summed E-state index contributed by atoms with van der Waals surface area (Å²) < 4.78 is 4.93. The Morgan fingerprint density at radius 2 is 1.73 bits per heavy atom. The number of imide groups is 1. The monoisotopic (exact) mass is 426 g/mol. The van der Waals surface area contributed by atoms with Crippen molar-refractivity contribution in [3.63, 3.8) is 0 Å². The smallest absolute Gasteiger partial charge is 0.308 e. The van der Waals surface area contributed by atoms with Gasteiger partial charge >= 0.3 is 5.97 Å². The Labute approximate surface area is 174 Å². The third-order valence-electron chi connectivity index (χ3n) is 4.01. The first kappa shape index (κ1) is 20.9. The van der Waals surface area contributed by atoms with Gasteiger partial charge in [0.15, 0.2) is 5.78 Å². The van der Waals surface area contributed by atoms with Gasteiger partial charge in [0.2, 0.25) is 0 Å². The molecular weight excluding hydrogens is 412 g/mol. The minimum atomic E-state index is -0.607. The van der Waals surface area contributed by atoms with E-state index in [-0.39, 0.29) is 16.2 Å². The van der Waals surface area contributed by atoms with E-state index in [2.05, 4.69) is 0 Å². The van der Waals surface area contributed by atoms with Crippen molar-refractivity contribution < 1.29 is 28.8 Å². The third-order valence-corrected chi connectivity index (χ3v) is 4.92. The third kappa shape index (κ3) is 4.78. The molecule has 9 nitrogen and oxygen atoms in total. The Kier molecular flexibility index (Phi) is 6.07. The van der Waals surface area contributed by atoms with Gasteiger partial charge in [-0.15, -0.1) is 0 Å². The second-order valence-corrected chi connectivity index (χ2v) is 7.15. The molecule has 0 spiro atoms. The van der Waals surface area contributed by atoms with E-state index in [0.29, 0.717) is 23.1 Å². The first-order chi connectivity index (χ1) is 14.2. The minimum Gasteiger partial charge on any atom is -0.427 e. The molecule has 2 amide bonds. The van der Waals surface area contributed by atoms with Gasteiger partial charge in [0.05, 0.1) is 16.4 Å². The highest BCUT2D eigenvalue weighted by molar-refractivity contribution is 8.18. The number of carbonyl (C=O) groups excluding carboxylic acids is 4. The summed E-state index contributed by atoms with van der Waals surface area (Å²) in [7, 11) is 0. The number of ether oxygens (including phenoxy) is 1. The van der Waals surface area contributed by atoms with Crippen molar-refractivity contribution in [1.82, 2.24) is 4.90 Å². The molecule has 0 radical (unpaired) electrons. The van der Waals surface area contributed by atoms with Gasteiger partial charge in [0.1, 0.15) is 5.75 Å². The largest absolute Gasteiger partial charge is 0.427 e. The number of ketones is 1. The van der Waals surface area contributed by atoms with E-state index >= 15 is 0 Å². The molecule has 3 rings (SSSR count). The molecule has 30 heavy (non-hydrogen) atoms. The van der Waals surface area contributed by atoms with Gasteiger partial charge in [-0.25, -0.2) is 0 Å². The van der Waals surface area contributed by atoms with E-state index < -0.39 is 34.4 Å². The van der Waals surface area contributed by atoms with E-state index in [1.54, 1.807) is 24.3 Å². The normalized spacial score (nSPS) is 14.8. The topological polar surface area (TPSA) is 124 Å². The van der Waals surface area contributed by atoms with E-state index in [9.17, 15) is 29.3 Å². The number of esters is 1. The Morgan fingerprint density at radius 1 is 1.10 bits per heavy atom. The van der Waals surface area contributed by atoms with E-state index in [4.69, 9.17) is 4.74 Å². The predicted octanol–water partition coefficient (Wildman–Crippen LogP) is 3.44. The fraction of sp³-hybridized carbons (Fsp3) is 0.100. The van der Waals surface area contributed by atoms with Gasteiger partial charge in [-0.2, -0.15) is 0 Å². The SMILES string of the molecule is CC(=O)Oc1ccc(/C=C2/SC(=O)N(CC(=O)c3ccc([N+](=O)[O-])cc3)C2=O)cc1.